The van der Waals surface area contributed by atoms with Crippen LogP contribution in [0.1, 0.15) is 35.7 Å². The summed E-state index contributed by atoms with van der Waals surface area (Å²) in [6.45, 7) is 2.03. The molecule has 0 aliphatic rings. The van der Waals surface area contributed by atoms with Gasteiger partial charge in [0.05, 0.1) is 17.2 Å². The number of carbonyl (C=O) groups is 1. The Morgan fingerprint density at radius 3 is 2.55 bits per heavy atom. The summed E-state index contributed by atoms with van der Waals surface area (Å²) in [5.74, 6) is -1.61. The van der Waals surface area contributed by atoms with Gasteiger partial charge >= 0.3 is 12.1 Å². The minimum atomic E-state index is -4.72. The van der Waals surface area contributed by atoms with Crippen molar-refractivity contribution in [3.63, 3.8) is 0 Å². The summed E-state index contributed by atoms with van der Waals surface area (Å²) >= 11 is 0. The number of anilines is 1. The lowest BCUT2D eigenvalue weighted by Gasteiger charge is -2.13. The number of halogens is 3. The number of alkyl halides is 3. The van der Waals surface area contributed by atoms with Crippen LogP contribution < -0.4 is 5.32 Å². The van der Waals surface area contributed by atoms with Crippen LogP contribution in [-0.4, -0.2) is 28.8 Å². The fourth-order valence-corrected chi connectivity index (χ4v) is 1.71. The number of benzene rings is 1. The number of aliphatic hydroxyl groups excluding tert-OH is 1. The molecule has 0 bridgehead atoms. The topological polar surface area (TPSA) is 69.6 Å². The Bertz CT molecular complexity index is 472. The van der Waals surface area contributed by atoms with E-state index in [2.05, 4.69) is 5.32 Å². The largest absolute Gasteiger partial charge is 0.478 e. The van der Waals surface area contributed by atoms with Gasteiger partial charge in [-0.1, -0.05) is 0 Å². The van der Waals surface area contributed by atoms with Gasteiger partial charge in [-0.3, -0.25) is 0 Å². The van der Waals surface area contributed by atoms with E-state index in [1.165, 1.54) is 6.07 Å². The van der Waals surface area contributed by atoms with Crippen molar-refractivity contribution in [1.82, 2.24) is 0 Å². The minimum Gasteiger partial charge on any atom is -0.478 e. The Kier molecular flexibility index (Phi) is 5.38. The quantitative estimate of drug-likeness (QED) is 0.705. The zero-order chi connectivity index (χ0) is 15.3. The molecule has 0 amide bonds. The van der Waals surface area contributed by atoms with Crippen molar-refractivity contribution in [2.24, 2.45) is 0 Å². The molecule has 1 atom stereocenters. The van der Waals surface area contributed by atoms with Crippen molar-refractivity contribution < 1.29 is 28.2 Å². The van der Waals surface area contributed by atoms with Gasteiger partial charge < -0.3 is 15.5 Å². The minimum absolute atomic E-state index is 0.202. The molecule has 0 heterocycles. The van der Waals surface area contributed by atoms with Crippen LogP contribution in [0.2, 0.25) is 0 Å². The molecule has 4 nitrogen and oxygen atoms in total. The predicted molar refractivity (Wildman–Crippen MR) is 67.8 cm³/mol. The number of carboxylic acid groups (broad SMARTS) is 1. The summed E-state index contributed by atoms with van der Waals surface area (Å²) in [5, 5.41) is 20.6. The van der Waals surface area contributed by atoms with Crippen LogP contribution in [0.4, 0.5) is 18.9 Å². The van der Waals surface area contributed by atoms with Gasteiger partial charge in [-0.2, -0.15) is 13.2 Å². The molecule has 0 fully saturated rings. The highest BCUT2D eigenvalue weighted by molar-refractivity contribution is 5.90. The zero-order valence-electron chi connectivity index (χ0n) is 10.9. The summed E-state index contributed by atoms with van der Waals surface area (Å²) in [7, 11) is 0. The monoisotopic (exact) mass is 291 g/mol. The fraction of sp³-hybridized carbons (Fsp3) is 0.462. The number of hydrogen-bond donors (Lipinski definition) is 3. The molecule has 3 N–H and O–H groups in total. The van der Waals surface area contributed by atoms with Gasteiger partial charge in [-0.25, -0.2) is 4.79 Å². The Hall–Kier alpha value is -1.76. The normalized spacial score (nSPS) is 13.1. The van der Waals surface area contributed by atoms with Crippen LogP contribution in [0.25, 0.3) is 0 Å². The van der Waals surface area contributed by atoms with Gasteiger partial charge in [0.2, 0.25) is 0 Å². The number of carboxylic acids is 1. The molecule has 0 spiro atoms. The smallest absolute Gasteiger partial charge is 0.417 e. The molecule has 1 rings (SSSR count). The molecule has 0 radical (unpaired) electrons. The highest BCUT2D eigenvalue weighted by Gasteiger charge is 2.35. The maximum Gasteiger partial charge on any atom is 0.417 e. The van der Waals surface area contributed by atoms with Crippen molar-refractivity contribution in [2.75, 3.05) is 11.9 Å². The van der Waals surface area contributed by atoms with Gasteiger partial charge in [0.15, 0.2) is 0 Å². The lowest BCUT2D eigenvalue weighted by molar-refractivity contribution is -0.138. The third kappa shape index (κ3) is 4.73. The van der Waals surface area contributed by atoms with Crippen molar-refractivity contribution in [3.05, 3.63) is 29.3 Å². The van der Waals surface area contributed by atoms with Crippen LogP contribution in [-0.2, 0) is 6.18 Å². The number of aliphatic hydroxyl groups is 1. The van der Waals surface area contributed by atoms with E-state index in [0.717, 1.165) is 12.1 Å². The van der Waals surface area contributed by atoms with Gasteiger partial charge in [0.25, 0.3) is 0 Å². The second-order valence-electron chi connectivity index (χ2n) is 4.48. The number of nitrogens with one attached hydrogen (secondary N) is 1. The summed E-state index contributed by atoms with van der Waals surface area (Å²) in [6.07, 6.45) is -4.05. The van der Waals surface area contributed by atoms with Gasteiger partial charge in [-0.05, 0) is 38.0 Å². The fourth-order valence-electron chi connectivity index (χ4n) is 1.71. The van der Waals surface area contributed by atoms with Gasteiger partial charge in [0, 0.05) is 12.2 Å². The van der Waals surface area contributed by atoms with E-state index in [1.807, 2.05) is 0 Å². The highest BCUT2D eigenvalue weighted by Crippen LogP contribution is 2.33. The van der Waals surface area contributed by atoms with Crippen LogP contribution >= 0.6 is 0 Å². The third-order valence-corrected chi connectivity index (χ3v) is 2.68. The highest BCUT2D eigenvalue weighted by atomic mass is 19.4. The standard InChI is InChI=1S/C13H16F3NO3/c1-8(18)3-2-6-17-9-4-5-10(12(19)20)11(7-9)13(14,15)16/h4-5,7-8,17-18H,2-3,6H2,1H3,(H,19,20). The summed E-state index contributed by atoms with van der Waals surface area (Å²) < 4.78 is 38.3. The molecular formula is C13H16F3NO3. The number of rotatable bonds is 6. The van der Waals surface area contributed by atoms with Crippen molar-refractivity contribution >= 4 is 11.7 Å². The first-order chi connectivity index (χ1) is 9.21. The van der Waals surface area contributed by atoms with E-state index >= 15 is 0 Å². The van der Waals surface area contributed by atoms with Crippen molar-refractivity contribution in [1.29, 1.82) is 0 Å². The first kappa shape index (κ1) is 16.3. The van der Waals surface area contributed by atoms with Crippen LogP contribution in [0.3, 0.4) is 0 Å². The summed E-state index contributed by atoms with van der Waals surface area (Å²) in [4.78, 5) is 10.8. The maximum atomic E-state index is 12.8. The Morgan fingerprint density at radius 2 is 2.05 bits per heavy atom. The molecule has 1 aromatic rings. The maximum absolute atomic E-state index is 12.8. The SMILES string of the molecule is CC(O)CCCNc1ccc(C(=O)O)c(C(F)(F)F)c1. The van der Waals surface area contributed by atoms with E-state index in [4.69, 9.17) is 10.2 Å². The first-order valence-electron chi connectivity index (χ1n) is 6.08. The molecule has 1 unspecified atom stereocenters. The molecule has 0 aromatic heterocycles. The molecule has 0 aliphatic carbocycles. The van der Waals surface area contributed by atoms with E-state index in [1.54, 1.807) is 6.92 Å². The Morgan fingerprint density at radius 1 is 1.40 bits per heavy atom. The molecule has 0 saturated heterocycles. The molecular weight excluding hydrogens is 275 g/mol. The predicted octanol–water partition coefficient (Wildman–Crippen LogP) is 2.98. The van der Waals surface area contributed by atoms with E-state index in [9.17, 15) is 18.0 Å². The first-order valence-corrected chi connectivity index (χ1v) is 6.08. The van der Waals surface area contributed by atoms with Crippen molar-refractivity contribution in [3.8, 4) is 0 Å². The van der Waals surface area contributed by atoms with E-state index in [-0.39, 0.29) is 5.69 Å². The lowest BCUT2D eigenvalue weighted by atomic mass is 10.1. The molecule has 20 heavy (non-hydrogen) atoms. The van der Waals surface area contributed by atoms with Crippen LogP contribution in [0.5, 0.6) is 0 Å². The average Bonchev–Trinajstić information content (AvgIpc) is 2.33. The Balaban J connectivity index is 2.83. The lowest BCUT2D eigenvalue weighted by Crippen LogP contribution is -2.14. The van der Waals surface area contributed by atoms with Crippen LogP contribution in [0.15, 0.2) is 18.2 Å². The molecule has 112 valence electrons. The number of aromatic carboxylic acids is 1. The van der Waals surface area contributed by atoms with Crippen LogP contribution in [0, 0.1) is 0 Å². The zero-order valence-corrected chi connectivity index (χ0v) is 10.9. The number of hydrogen-bond acceptors (Lipinski definition) is 3. The average molecular weight is 291 g/mol. The molecule has 7 heteroatoms. The summed E-state index contributed by atoms with van der Waals surface area (Å²) in [5.41, 5.74) is -1.74. The second kappa shape index (κ2) is 6.60. The van der Waals surface area contributed by atoms with E-state index < -0.39 is 29.4 Å². The van der Waals surface area contributed by atoms with Gasteiger partial charge in [0.1, 0.15) is 0 Å². The van der Waals surface area contributed by atoms with E-state index in [0.29, 0.717) is 19.4 Å². The molecule has 1 aromatic carbocycles. The Labute approximate surface area is 114 Å². The van der Waals surface area contributed by atoms with Gasteiger partial charge in [-0.15, -0.1) is 0 Å². The van der Waals surface area contributed by atoms with Crippen molar-refractivity contribution in [2.45, 2.75) is 32.0 Å². The molecule has 0 saturated carbocycles. The third-order valence-electron chi connectivity index (χ3n) is 2.68. The molecule has 0 aliphatic heterocycles. The second-order valence-corrected chi connectivity index (χ2v) is 4.48. The summed E-state index contributed by atoms with van der Waals surface area (Å²) in [6, 6.07) is 3.01.